The summed E-state index contributed by atoms with van der Waals surface area (Å²) >= 11 is 4.65. The number of hydrogen-bond acceptors (Lipinski definition) is 5. The van der Waals surface area contributed by atoms with E-state index in [4.69, 9.17) is 9.97 Å². The molecule has 1 fully saturated rings. The number of nitrogens with one attached hydrogen (secondary N) is 2. The van der Waals surface area contributed by atoms with Gasteiger partial charge in [0.25, 0.3) is 0 Å². The Bertz CT molecular complexity index is 1010. The number of benzene rings is 2. The van der Waals surface area contributed by atoms with Crippen LogP contribution < -0.4 is 10.6 Å². The van der Waals surface area contributed by atoms with Gasteiger partial charge < -0.3 is 10.6 Å². The summed E-state index contributed by atoms with van der Waals surface area (Å²) < 4.78 is 0. The Kier molecular flexibility index (Phi) is 7.01. The Hall–Kier alpha value is -2.27. The summed E-state index contributed by atoms with van der Waals surface area (Å²) in [5, 5.41) is 7.92. The van der Waals surface area contributed by atoms with Crippen LogP contribution in [0.25, 0.3) is 22.0 Å². The minimum absolute atomic E-state index is 0.301. The summed E-state index contributed by atoms with van der Waals surface area (Å²) in [6, 6.07) is 15.3. The molecular weight excluding hydrogens is 400 g/mol. The van der Waals surface area contributed by atoms with E-state index in [-0.39, 0.29) is 0 Å². The molecule has 1 atom stereocenters. The SMILES string of the molecule is CCC1CCC(C(CS)Nc2nc(NC)c3cc(-c4ccc(C)cc4)ccc3n2)CC1. The minimum atomic E-state index is 0.301. The highest BCUT2D eigenvalue weighted by Gasteiger charge is 2.27. The van der Waals surface area contributed by atoms with Crippen molar-refractivity contribution in [3.8, 4) is 11.1 Å². The molecule has 1 aliphatic rings. The fraction of sp³-hybridized carbons (Fsp3) is 0.462. The van der Waals surface area contributed by atoms with Gasteiger partial charge in [-0.3, -0.25) is 0 Å². The fourth-order valence-corrected chi connectivity index (χ4v) is 5.18. The lowest BCUT2D eigenvalue weighted by Gasteiger charge is -2.33. The van der Waals surface area contributed by atoms with Crippen molar-refractivity contribution in [1.29, 1.82) is 0 Å². The van der Waals surface area contributed by atoms with Gasteiger partial charge >= 0.3 is 0 Å². The normalized spacial score (nSPS) is 19.9. The maximum Gasteiger partial charge on any atom is 0.225 e. The number of aryl methyl sites for hydroxylation is 1. The van der Waals surface area contributed by atoms with Gasteiger partial charge in [-0.15, -0.1) is 0 Å². The third kappa shape index (κ3) is 4.98. The van der Waals surface area contributed by atoms with E-state index in [1.165, 1.54) is 48.8 Å². The van der Waals surface area contributed by atoms with Crippen LogP contribution in [-0.4, -0.2) is 28.8 Å². The molecule has 4 rings (SSSR count). The third-order valence-corrected chi connectivity index (χ3v) is 7.26. The molecule has 0 amide bonds. The van der Waals surface area contributed by atoms with E-state index in [9.17, 15) is 0 Å². The zero-order valence-corrected chi connectivity index (χ0v) is 19.8. The van der Waals surface area contributed by atoms with Crippen molar-refractivity contribution in [2.75, 3.05) is 23.4 Å². The summed E-state index contributed by atoms with van der Waals surface area (Å²) in [7, 11) is 1.92. The molecule has 0 spiro atoms. The van der Waals surface area contributed by atoms with E-state index in [0.717, 1.165) is 28.4 Å². The lowest BCUT2D eigenvalue weighted by atomic mass is 9.78. The first-order chi connectivity index (χ1) is 15.1. The molecule has 1 unspecified atom stereocenters. The maximum absolute atomic E-state index is 4.85. The molecule has 31 heavy (non-hydrogen) atoms. The molecule has 0 saturated heterocycles. The molecular formula is C26H34N4S. The van der Waals surface area contributed by atoms with Crippen LogP contribution in [0.3, 0.4) is 0 Å². The van der Waals surface area contributed by atoms with Crippen LogP contribution in [0.1, 0.15) is 44.6 Å². The second-order valence-electron chi connectivity index (χ2n) is 8.87. The number of rotatable bonds is 7. The Morgan fingerprint density at radius 2 is 1.71 bits per heavy atom. The standard InChI is InChI=1S/C26H34N4S/c1-4-18-7-11-20(12-8-18)24(16-31)29-26-28-23-14-13-21(15-22(23)25(27-3)30-26)19-9-5-17(2)6-10-19/h5-6,9-10,13-15,18,20,24,31H,4,7-8,11-12,16H2,1-3H3,(H2,27,28,29,30). The van der Waals surface area contributed by atoms with Crippen LogP contribution in [0.4, 0.5) is 11.8 Å². The van der Waals surface area contributed by atoms with Gasteiger partial charge in [0.1, 0.15) is 5.82 Å². The second kappa shape index (κ2) is 9.90. The van der Waals surface area contributed by atoms with Gasteiger partial charge in [0, 0.05) is 24.2 Å². The summed E-state index contributed by atoms with van der Waals surface area (Å²) in [4.78, 5) is 9.66. The van der Waals surface area contributed by atoms with E-state index >= 15 is 0 Å². The Morgan fingerprint density at radius 1 is 1.00 bits per heavy atom. The second-order valence-corrected chi connectivity index (χ2v) is 9.23. The molecule has 164 valence electrons. The molecule has 0 radical (unpaired) electrons. The van der Waals surface area contributed by atoms with Gasteiger partial charge in [-0.25, -0.2) is 4.98 Å². The maximum atomic E-state index is 4.85. The van der Waals surface area contributed by atoms with Gasteiger partial charge in [-0.05, 0) is 54.9 Å². The van der Waals surface area contributed by atoms with Gasteiger partial charge in [-0.2, -0.15) is 17.6 Å². The lowest BCUT2D eigenvalue weighted by molar-refractivity contribution is 0.253. The quantitative estimate of drug-likeness (QED) is 0.368. The number of aromatic nitrogens is 2. The summed E-state index contributed by atoms with van der Waals surface area (Å²) in [6.07, 6.45) is 6.49. The first-order valence-electron chi connectivity index (χ1n) is 11.5. The summed E-state index contributed by atoms with van der Waals surface area (Å²) in [5.74, 6) is 3.88. The Labute approximate surface area is 191 Å². The molecule has 1 aliphatic carbocycles. The van der Waals surface area contributed by atoms with E-state index in [0.29, 0.717) is 17.9 Å². The van der Waals surface area contributed by atoms with Crippen LogP contribution >= 0.6 is 12.6 Å². The zero-order chi connectivity index (χ0) is 21.8. The predicted octanol–water partition coefficient (Wildman–Crippen LogP) is 6.57. The predicted molar refractivity (Wildman–Crippen MR) is 136 cm³/mol. The van der Waals surface area contributed by atoms with E-state index in [1.54, 1.807) is 0 Å². The van der Waals surface area contributed by atoms with Crippen molar-refractivity contribution in [2.45, 2.75) is 52.0 Å². The topological polar surface area (TPSA) is 49.8 Å². The smallest absolute Gasteiger partial charge is 0.225 e. The first-order valence-corrected chi connectivity index (χ1v) is 12.2. The van der Waals surface area contributed by atoms with Crippen LogP contribution in [0, 0.1) is 18.8 Å². The number of fused-ring (bicyclic) bond motifs is 1. The molecule has 5 heteroatoms. The zero-order valence-electron chi connectivity index (χ0n) is 18.9. The minimum Gasteiger partial charge on any atom is -0.372 e. The molecule has 1 saturated carbocycles. The van der Waals surface area contributed by atoms with E-state index < -0.39 is 0 Å². The number of thiol groups is 1. The summed E-state index contributed by atoms with van der Waals surface area (Å²) in [6.45, 7) is 4.42. The van der Waals surface area contributed by atoms with Crippen LogP contribution in [0.5, 0.6) is 0 Å². The number of hydrogen-bond donors (Lipinski definition) is 3. The average molecular weight is 435 g/mol. The molecule has 1 heterocycles. The number of anilines is 2. The fourth-order valence-electron chi connectivity index (χ4n) is 4.79. The van der Waals surface area contributed by atoms with Crippen molar-refractivity contribution in [1.82, 2.24) is 9.97 Å². The van der Waals surface area contributed by atoms with Crippen molar-refractivity contribution >= 4 is 35.3 Å². The average Bonchev–Trinajstić information content (AvgIpc) is 2.82. The van der Waals surface area contributed by atoms with Crippen molar-refractivity contribution in [2.24, 2.45) is 11.8 Å². The Morgan fingerprint density at radius 3 is 2.35 bits per heavy atom. The van der Waals surface area contributed by atoms with Gasteiger partial charge in [0.2, 0.25) is 5.95 Å². The summed E-state index contributed by atoms with van der Waals surface area (Å²) in [5.41, 5.74) is 4.59. The Balaban J connectivity index is 1.59. The first kappa shape index (κ1) is 21.9. The molecule has 1 aromatic heterocycles. The third-order valence-electron chi connectivity index (χ3n) is 6.87. The van der Waals surface area contributed by atoms with Crippen LogP contribution in [0.15, 0.2) is 42.5 Å². The van der Waals surface area contributed by atoms with Gasteiger partial charge in [-0.1, -0.05) is 62.1 Å². The lowest BCUT2D eigenvalue weighted by Crippen LogP contribution is -2.34. The number of nitrogens with zero attached hydrogens (tertiary/aromatic N) is 2. The van der Waals surface area contributed by atoms with Crippen LogP contribution in [0.2, 0.25) is 0 Å². The van der Waals surface area contributed by atoms with Gasteiger partial charge in [0.05, 0.1) is 5.52 Å². The molecule has 2 N–H and O–H groups in total. The van der Waals surface area contributed by atoms with E-state index in [1.807, 2.05) is 7.05 Å². The van der Waals surface area contributed by atoms with Gasteiger partial charge in [0.15, 0.2) is 0 Å². The van der Waals surface area contributed by atoms with Crippen molar-refractivity contribution in [3.05, 3.63) is 48.0 Å². The van der Waals surface area contributed by atoms with Crippen molar-refractivity contribution in [3.63, 3.8) is 0 Å². The molecule has 4 nitrogen and oxygen atoms in total. The molecule has 2 aromatic carbocycles. The largest absolute Gasteiger partial charge is 0.372 e. The monoisotopic (exact) mass is 434 g/mol. The highest BCUT2D eigenvalue weighted by Crippen LogP contribution is 2.34. The molecule has 0 aliphatic heterocycles. The van der Waals surface area contributed by atoms with Crippen LogP contribution in [-0.2, 0) is 0 Å². The van der Waals surface area contributed by atoms with Crippen molar-refractivity contribution < 1.29 is 0 Å². The highest BCUT2D eigenvalue weighted by molar-refractivity contribution is 7.80. The van der Waals surface area contributed by atoms with E-state index in [2.05, 4.69) is 79.6 Å². The highest BCUT2D eigenvalue weighted by atomic mass is 32.1. The molecule has 3 aromatic rings. The molecule has 0 bridgehead atoms.